The van der Waals surface area contributed by atoms with Crippen LogP contribution in [0.5, 0.6) is 0 Å². The highest BCUT2D eigenvalue weighted by atomic mass is 32.1. The molecule has 0 saturated heterocycles. The predicted octanol–water partition coefficient (Wildman–Crippen LogP) is 4.18. The van der Waals surface area contributed by atoms with E-state index in [9.17, 15) is 22.8 Å². The van der Waals surface area contributed by atoms with Gasteiger partial charge >= 0.3 is 6.18 Å². The number of nitrogens with one attached hydrogen (secondary N) is 1. The second kappa shape index (κ2) is 8.06. The quantitative estimate of drug-likeness (QED) is 0.671. The van der Waals surface area contributed by atoms with Crippen molar-refractivity contribution in [1.29, 1.82) is 0 Å². The van der Waals surface area contributed by atoms with Gasteiger partial charge in [0.05, 0.1) is 16.6 Å². The highest BCUT2D eigenvalue weighted by Gasteiger charge is 2.34. The number of halogens is 3. The molecule has 1 aliphatic carbocycles. The molecule has 9 heteroatoms. The molecule has 1 aromatic carbocycles. The molecule has 2 aromatic heterocycles. The first-order chi connectivity index (χ1) is 14.3. The number of rotatable bonds is 4. The minimum absolute atomic E-state index is 0.266. The van der Waals surface area contributed by atoms with Crippen LogP contribution in [0.15, 0.2) is 53.5 Å². The van der Waals surface area contributed by atoms with Gasteiger partial charge in [0.25, 0.3) is 5.56 Å². The number of fused-ring (bicyclic) bond motifs is 1. The van der Waals surface area contributed by atoms with E-state index in [4.69, 9.17) is 4.98 Å². The van der Waals surface area contributed by atoms with Gasteiger partial charge in [-0.3, -0.25) is 9.59 Å². The van der Waals surface area contributed by atoms with E-state index in [1.54, 1.807) is 0 Å². The number of benzene rings is 1. The molecule has 156 valence electrons. The van der Waals surface area contributed by atoms with Crippen molar-refractivity contribution in [3.8, 4) is 10.6 Å². The van der Waals surface area contributed by atoms with Crippen LogP contribution >= 0.6 is 11.3 Å². The maximum atomic E-state index is 12.9. The molecule has 2 heterocycles. The van der Waals surface area contributed by atoms with Crippen molar-refractivity contribution in [3.05, 3.63) is 75.1 Å². The molecule has 1 N–H and O–H groups in total. The van der Waals surface area contributed by atoms with Crippen LogP contribution < -0.4 is 10.9 Å². The number of carbonyl (C=O) groups is 1. The summed E-state index contributed by atoms with van der Waals surface area (Å²) in [5, 5.41) is 3.74. The van der Waals surface area contributed by atoms with E-state index in [1.165, 1.54) is 17.5 Å². The molecule has 4 rings (SSSR count). The minimum Gasteiger partial charge on any atom is -0.347 e. The maximum absolute atomic E-state index is 12.9. The number of amides is 1. The summed E-state index contributed by atoms with van der Waals surface area (Å²) in [5.41, 5.74) is -0.578. The molecule has 0 radical (unpaired) electrons. The number of thiazole rings is 1. The van der Waals surface area contributed by atoms with Crippen molar-refractivity contribution >= 4 is 17.2 Å². The van der Waals surface area contributed by atoms with Gasteiger partial charge in [-0.25, -0.2) is 4.98 Å². The van der Waals surface area contributed by atoms with Crippen LogP contribution in [0, 0.1) is 0 Å². The van der Waals surface area contributed by atoms with Crippen LogP contribution in [0.25, 0.3) is 10.6 Å². The summed E-state index contributed by atoms with van der Waals surface area (Å²) in [7, 11) is 0. The van der Waals surface area contributed by atoms with E-state index >= 15 is 0 Å². The number of pyridine rings is 1. The molecule has 0 aliphatic heterocycles. The summed E-state index contributed by atoms with van der Waals surface area (Å²) in [6.07, 6.45) is -1.20. The number of hydrogen-bond donors (Lipinski definition) is 1. The Bertz CT molecular complexity index is 1120. The molecule has 30 heavy (non-hydrogen) atoms. The topological polar surface area (TPSA) is 64.0 Å². The molecule has 1 atom stereocenters. The normalized spacial score (nSPS) is 16.2. The van der Waals surface area contributed by atoms with Gasteiger partial charge in [-0.1, -0.05) is 30.3 Å². The first-order valence-corrected chi connectivity index (χ1v) is 10.3. The van der Waals surface area contributed by atoms with Crippen LogP contribution in [-0.2, 0) is 23.9 Å². The lowest BCUT2D eigenvalue weighted by Gasteiger charge is -2.22. The fourth-order valence-electron chi connectivity index (χ4n) is 3.53. The lowest BCUT2D eigenvalue weighted by molar-refractivity contribution is -0.139. The second-order valence-electron chi connectivity index (χ2n) is 7.06. The number of hydrogen-bond acceptors (Lipinski definition) is 4. The maximum Gasteiger partial charge on any atom is 0.421 e. The van der Waals surface area contributed by atoms with Gasteiger partial charge in [0.1, 0.15) is 17.1 Å². The standard InChI is InChI=1S/C21H18F3N3O2S/c22-21(23,24)14-8-5-11-27(20(14)29)12-17(28)25-15-9-4-10-16-18(15)30-19(26-16)13-6-2-1-3-7-13/h1-3,5-8,11,15H,4,9-10,12H2,(H,25,28)/t15-/m0/s1. The van der Waals surface area contributed by atoms with E-state index in [1.807, 2.05) is 30.3 Å². The first kappa shape index (κ1) is 20.3. The number of aromatic nitrogens is 2. The Morgan fingerprint density at radius 1 is 1.20 bits per heavy atom. The number of carbonyl (C=O) groups excluding carboxylic acids is 1. The molecule has 0 fully saturated rings. The molecular weight excluding hydrogens is 415 g/mol. The minimum atomic E-state index is -4.76. The van der Waals surface area contributed by atoms with Crippen molar-refractivity contribution < 1.29 is 18.0 Å². The van der Waals surface area contributed by atoms with Gasteiger partial charge in [-0.15, -0.1) is 11.3 Å². The van der Waals surface area contributed by atoms with Crippen molar-refractivity contribution in [2.24, 2.45) is 0 Å². The van der Waals surface area contributed by atoms with Crippen molar-refractivity contribution in [1.82, 2.24) is 14.9 Å². The molecular formula is C21H18F3N3O2S. The summed E-state index contributed by atoms with van der Waals surface area (Å²) >= 11 is 1.51. The highest BCUT2D eigenvalue weighted by Crippen LogP contribution is 2.37. The van der Waals surface area contributed by atoms with E-state index in [0.29, 0.717) is 12.5 Å². The number of aryl methyl sites for hydroxylation is 1. The van der Waals surface area contributed by atoms with Crippen LogP contribution in [0.3, 0.4) is 0 Å². The highest BCUT2D eigenvalue weighted by molar-refractivity contribution is 7.15. The third-order valence-electron chi connectivity index (χ3n) is 4.95. The second-order valence-corrected chi connectivity index (χ2v) is 8.09. The Morgan fingerprint density at radius 3 is 2.70 bits per heavy atom. The molecule has 0 unspecified atom stereocenters. The molecule has 5 nitrogen and oxygen atoms in total. The van der Waals surface area contributed by atoms with Crippen LogP contribution in [0.4, 0.5) is 13.2 Å². The average molecular weight is 433 g/mol. The summed E-state index contributed by atoms with van der Waals surface area (Å²) in [5.74, 6) is -0.510. The Labute approximate surface area is 174 Å². The van der Waals surface area contributed by atoms with Crippen LogP contribution in [-0.4, -0.2) is 15.5 Å². The van der Waals surface area contributed by atoms with Gasteiger partial charge in [0.2, 0.25) is 5.91 Å². The molecule has 0 bridgehead atoms. The summed E-state index contributed by atoms with van der Waals surface area (Å²) < 4.78 is 39.6. The van der Waals surface area contributed by atoms with Gasteiger partial charge in [-0.05, 0) is 31.4 Å². The third-order valence-corrected chi connectivity index (χ3v) is 6.21. The van der Waals surface area contributed by atoms with E-state index in [2.05, 4.69) is 5.32 Å². The Kier molecular flexibility index (Phi) is 5.46. The van der Waals surface area contributed by atoms with Gasteiger partial charge < -0.3 is 9.88 Å². The monoisotopic (exact) mass is 433 g/mol. The predicted molar refractivity (Wildman–Crippen MR) is 107 cm³/mol. The van der Waals surface area contributed by atoms with Crippen molar-refractivity contribution in [2.45, 2.75) is 38.0 Å². The fourth-order valence-corrected chi connectivity index (χ4v) is 4.74. The number of nitrogens with zero attached hydrogens (tertiary/aromatic N) is 2. The fraction of sp³-hybridized carbons (Fsp3) is 0.286. The Morgan fingerprint density at radius 2 is 1.97 bits per heavy atom. The zero-order chi connectivity index (χ0) is 21.3. The molecule has 0 spiro atoms. The van der Waals surface area contributed by atoms with Crippen LogP contribution in [0.2, 0.25) is 0 Å². The Balaban J connectivity index is 1.52. The summed E-state index contributed by atoms with van der Waals surface area (Å²) in [6.45, 7) is -0.473. The third kappa shape index (κ3) is 4.16. The lowest BCUT2D eigenvalue weighted by Crippen LogP contribution is -2.37. The zero-order valence-electron chi connectivity index (χ0n) is 15.8. The largest absolute Gasteiger partial charge is 0.421 e. The van der Waals surface area contributed by atoms with E-state index < -0.39 is 29.8 Å². The average Bonchev–Trinajstić information content (AvgIpc) is 3.15. The van der Waals surface area contributed by atoms with Crippen molar-refractivity contribution in [3.63, 3.8) is 0 Å². The molecule has 3 aromatic rings. The SMILES string of the molecule is O=C(Cn1cccc(C(F)(F)F)c1=O)N[C@H]1CCCc2nc(-c3ccccc3)sc21. The summed E-state index contributed by atoms with van der Waals surface area (Å²) in [4.78, 5) is 30.2. The number of alkyl halides is 3. The van der Waals surface area contributed by atoms with Gasteiger partial charge in [-0.2, -0.15) is 13.2 Å². The molecule has 0 saturated carbocycles. The molecule has 1 aliphatic rings. The van der Waals surface area contributed by atoms with Gasteiger partial charge in [0, 0.05) is 11.8 Å². The van der Waals surface area contributed by atoms with E-state index in [-0.39, 0.29) is 6.04 Å². The zero-order valence-corrected chi connectivity index (χ0v) is 16.6. The van der Waals surface area contributed by atoms with E-state index in [0.717, 1.165) is 44.6 Å². The molecule has 1 amide bonds. The summed E-state index contributed by atoms with van der Waals surface area (Å²) in [6, 6.07) is 11.3. The first-order valence-electron chi connectivity index (χ1n) is 9.44. The smallest absolute Gasteiger partial charge is 0.347 e. The van der Waals surface area contributed by atoms with Crippen molar-refractivity contribution in [2.75, 3.05) is 0 Å². The lowest BCUT2D eigenvalue weighted by atomic mass is 9.98. The Hall–Kier alpha value is -2.94. The van der Waals surface area contributed by atoms with Crippen LogP contribution in [0.1, 0.15) is 35.0 Å². The van der Waals surface area contributed by atoms with Gasteiger partial charge in [0.15, 0.2) is 0 Å².